The predicted molar refractivity (Wildman–Crippen MR) is 82.1 cm³/mol. The number of methoxy groups -OCH3 is 1. The molecule has 0 saturated carbocycles. The number of rotatable bonds is 7. The fourth-order valence-electron chi connectivity index (χ4n) is 2.02. The standard InChI is InChI=1S/C17H17F2NO3/c1-22-15-4-2-3-13(11-15)16(21)20-10-9-12-5-7-14(8-6-12)23-17(18)19/h2-8,11,17H,9-10H2,1H3,(H,20,21). The molecular formula is C17H17F2NO3. The van der Waals surface area contributed by atoms with Crippen LogP contribution in [0.4, 0.5) is 8.78 Å². The molecule has 0 unspecified atom stereocenters. The summed E-state index contributed by atoms with van der Waals surface area (Å²) in [6.07, 6.45) is 0.588. The van der Waals surface area contributed by atoms with Gasteiger partial charge in [0.25, 0.3) is 5.91 Å². The van der Waals surface area contributed by atoms with Gasteiger partial charge in [0.2, 0.25) is 0 Å². The third-order valence-electron chi connectivity index (χ3n) is 3.18. The van der Waals surface area contributed by atoms with E-state index in [9.17, 15) is 13.6 Å². The third kappa shape index (κ3) is 5.25. The van der Waals surface area contributed by atoms with Crippen molar-refractivity contribution in [2.75, 3.05) is 13.7 Å². The molecule has 0 aliphatic heterocycles. The second-order valence-corrected chi connectivity index (χ2v) is 4.76. The van der Waals surface area contributed by atoms with Crippen LogP contribution >= 0.6 is 0 Å². The van der Waals surface area contributed by atoms with Crippen LogP contribution in [0, 0.1) is 0 Å². The third-order valence-corrected chi connectivity index (χ3v) is 3.18. The Bertz CT molecular complexity index is 645. The maximum atomic E-state index is 12.0. The van der Waals surface area contributed by atoms with Crippen LogP contribution in [0.2, 0.25) is 0 Å². The van der Waals surface area contributed by atoms with Crippen LogP contribution < -0.4 is 14.8 Å². The van der Waals surface area contributed by atoms with E-state index in [1.807, 2.05) is 0 Å². The minimum absolute atomic E-state index is 0.115. The number of hydrogen-bond donors (Lipinski definition) is 1. The first-order chi connectivity index (χ1) is 11.1. The fourth-order valence-corrected chi connectivity index (χ4v) is 2.02. The number of ether oxygens (including phenoxy) is 2. The minimum Gasteiger partial charge on any atom is -0.497 e. The van der Waals surface area contributed by atoms with Crippen molar-refractivity contribution in [3.8, 4) is 11.5 Å². The summed E-state index contributed by atoms with van der Waals surface area (Å²) in [6.45, 7) is -2.39. The Balaban J connectivity index is 1.83. The fraction of sp³-hybridized carbons (Fsp3) is 0.235. The highest BCUT2D eigenvalue weighted by Crippen LogP contribution is 2.15. The van der Waals surface area contributed by atoms with Crippen LogP contribution in [0.5, 0.6) is 11.5 Å². The monoisotopic (exact) mass is 321 g/mol. The van der Waals surface area contributed by atoms with E-state index in [-0.39, 0.29) is 11.7 Å². The van der Waals surface area contributed by atoms with Crippen molar-refractivity contribution in [3.63, 3.8) is 0 Å². The molecule has 0 heterocycles. The summed E-state index contributed by atoms with van der Waals surface area (Å²) in [5.41, 5.74) is 1.43. The Hall–Kier alpha value is -2.63. The normalized spacial score (nSPS) is 10.4. The topological polar surface area (TPSA) is 47.6 Å². The Kier molecular flexibility index (Phi) is 5.91. The molecule has 122 valence electrons. The maximum Gasteiger partial charge on any atom is 0.387 e. The lowest BCUT2D eigenvalue weighted by molar-refractivity contribution is -0.0498. The molecule has 0 aliphatic rings. The van der Waals surface area contributed by atoms with Crippen molar-refractivity contribution in [1.29, 1.82) is 0 Å². The van der Waals surface area contributed by atoms with Gasteiger partial charge in [-0.2, -0.15) is 8.78 Å². The number of carbonyl (C=O) groups is 1. The summed E-state index contributed by atoms with van der Waals surface area (Å²) in [5, 5.41) is 2.80. The number of alkyl halides is 2. The van der Waals surface area contributed by atoms with Gasteiger partial charge in [-0.05, 0) is 42.3 Å². The molecule has 0 atom stereocenters. The van der Waals surface area contributed by atoms with Crippen molar-refractivity contribution < 1.29 is 23.0 Å². The van der Waals surface area contributed by atoms with Gasteiger partial charge in [-0.15, -0.1) is 0 Å². The zero-order chi connectivity index (χ0) is 16.7. The van der Waals surface area contributed by atoms with Crippen LogP contribution in [-0.4, -0.2) is 26.2 Å². The number of benzene rings is 2. The van der Waals surface area contributed by atoms with Gasteiger partial charge in [0.15, 0.2) is 0 Å². The van der Waals surface area contributed by atoms with Gasteiger partial charge in [-0.25, -0.2) is 0 Å². The summed E-state index contributed by atoms with van der Waals surface area (Å²) in [7, 11) is 1.54. The van der Waals surface area contributed by atoms with Gasteiger partial charge >= 0.3 is 6.61 Å². The number of halogens is 2. The van der Waals surface area contributed by atoms with Gasteiger partial charge in [0.1, 0.15) is 11.5 Å². The molecule has 23 heavy (non-hydrogen) atoms. The van der Waals surface area contributed by atoms with E-state index >= 15 is 0 Å². The zero-order valence-corrected chi connectivity index (χ0v) is 12.6. The van der Waals surface area contributed by atoms with E-state index < -0.39 is 6.61 Å². The molecule has 6 heteroatoms. The molecule has 4 nitrogen and oxygen atoms in total. The minimum atomic E-state index is -2.83. The SMILES string of the molecule is COc1cccc(C(=O)NCCc2ccc(OC(F)F)cc2)c1. The first kappa shape index (κ1) is 16.7. The summed E-state index contributed by atoms with van der Waals surface area (Å²) in [5.74, 6) is 0.540. The van der Waals surface area contributed by atoms with E-state index in [2.05, 4.69) is 10.1 Å². The van der Waals surface area contributed by atoms with Gasteiger partial charge in [-0.3, -0.25) is 4.79 Å². The number of amides is 1. The van der Waals surface area contributed by atoms with Crippen LogP contribution in [0.15, 0.2) is 48.5 Å². The van der Waals surface area contributed by atoms with Crippen molar-refractivity contribution in [2.24, 2.45) is 0 Å². The first-order valence-corrected chi connectivity index (χ1v) is 7.04. The summed E-state index contributed by atoms with van der Waals surface area (Å²) in [4.78, 5) is 12.0. The van der Waals surface area contributed by atoms with Crippen molar-refractivity contribution in [1.82, 2.24) is 5.32 Å². The number of nitrogens with one attached hydrogen (secondary N) is 1. The predicted octanol–water partition coefficient (Wildman–Crippen LogP) is 3.27. The average molecular weight is 321 g/mol. The van der Waals surface area contributed by atoms with Gasteiger partial charge in [0, 0.05) is 12.1 Å². The molecule has 2 rings (SSSR count). The van der Waals surface area contributed by atoms with Gasteiger partial charge in [0.05, 0.1) is 7.11 Å². The van der Waals surface area contributed by atoms with E-state index in [4.69, 9.17) is 4.74 Å². The molecule has 1 N–H and O–H groups in total. The molecule has 0 aromatic heterocycles. The number of carbonyl (C=O) groups excluding carboxylic acids is 1. The lowest BCUT2D eigenvalue weighted by Gasteiger charge is -2.08. The van der Waals surface area contributed by atoms with E-state index in [0.717, 1.165) is 5.56 Å². The second kappa shape index (κ2) is 8.12. The molecule has 1 amide bonds. The quantitative estimate of drug-likeness (QED) is 0.851. The summed E-state index contributed by atoms with van der Waals surface area (Å²) in [6, 6.07) is 13.2. The number of hydrogen-bond acceptors (Lipinski definition) is 3. The van der Waals surface area contributed by atoms with Crippen LogP contribution in [0.1, 0.15) is 15.9 Å². The molecule has 2 aromatic carbocycles. The maximum absolute atomic E-state index is 12.0. The average Bonchev–Trinajstić information content (AvgIpc) is 2.56. The van der Waals surface area contributed by atoms with Gasteiger partial charge in [-0.1, -0.05) is 18.2 Å². The van der Waals surface area contributed by atoms with Crippen molar-refractivity contribution >= 4 is 5.91 Å². The Morgan fingerprint density at radius 1 is 1.13 bits per heavy atom. The highest BCUT2D eigenvalue weighted by atomic mass is 19.3. The summed E-state index contributed by atoms with van der Waals surface area (Å²) < 4.78 is 33.4. The Morgan fingerprint density at radius 2 is 1.87 bits per heavy atom. The van der Waals surface area contributed by atoms with E-state index in [0.29, 0.717) is 24.3 Å². The molecule has 0 spiro atoms. The second-order valence-electron chi connectivity index (χ2n) is 4.76. The molecule has 0 fully saturated rings. The molecular weight excluding hydrogens is 304 g/mol. The van der Waals surface area contributed by atoms with Crippen molar-refractivity contribution in [3.05, 3.63) is 59.7 Å². The Morgan fingerprint density at radius 3 is 2.52 bits per heavy atom. The molecule has 0 aliphatic carbocycles. The molecule has 0 saturated heterocycles. The van der Waals surface area contributed by atoms with Crippen LogP contribution in [-0.2, 0) is 6.42 Å². The lowest BCUT2D eigenvalue weighted by atomic mass is 10.1. The first-order valence-electron chi connectivity index (χ1n) is 7.04. The largest absolute Gasteiger partial charge is 0.497 e. The lowest BCUT2D eigenvalue weighted by Crippen LogP contribution is -2.25. The zero-order valence-electron chi connectivity index (χ0n) is 12.6. The highest BCUT2D eigenvalue weighted by Gasteiger charge is 2.07. The molecule has 2 aromatic rings. The van der Waals surface area contributed by atoms with Gasteiger partial charge < -0.3 is 14.8 Å². The van der Waals surface area contributed by atoms with Crippen LogP contribution in [0.3, 0.4) is 0 Å². The van der Waals surface area contributed by atoms with E-state index in [1.54, 1.807) is 43.5 Å². The molecule has 0 bridgehead atoms. The van der Waals surface area contributed by atoms with Crippen molar-refractivity contribution in [2.45, 2.75) is 13.0 Å². The summed E-state index contributed by atoms with van der Waals surface area (Å²) >= 11 is 0. The molecule has 0 radical (unpaired) electrons. The van der Waals surface area contributed by atoms with E-state index in [1.165, 1.54) is 12.1 Å². The Labute approximate surface area is 133 Å². The highest BCUT2D eigenvalue weighted by molar-refractivity contribution is 5.94. The van der Waals surface area contributed by atoms with Crippen LogP contribution in [0.25, 0.3) is 0 Å². The smallest absolute Gasteiger partial charge is 0.387 e.